The molecule has 0 atom stereocenters. The summed E-state index contributed by atoms with van der Waals surface area (Å²) in [6.45, 7) is 4.18. The zero-order valence-electron chi connectivity index (χ0n) is 10.9. The third kappa shape index (κ3) is 8.77. The topological polar surface area (TPSA) is 82.0 Å². The maximum Gasteiger partial charge on any atom is 0.0881 e. The monoisotopic (exact) mass is 271 g/mol. The van der Waals surface area contributed by atoms with Gasteiger partial charge in [0.1, 0.15) is 0 Å². The summed E-state index contributed by atoms with van der Waals surface area (Å²) in [4.78, 5) is 0. The quantitative estimate of drug-likeness (QED) is 0.517. The van der Waals surface area contributed by atoms with Crippen molar-refractivity contribution in [3.05, 3.63) is 0 Å². The van der Waals surface area contributed by atoms with Crippen molar-refractivity contribution in [2.24, 2.45) is 5.92 Å². The van der Waals surface area contributed by atoms with E-state index in [1.54, 1.807) is 0 Å². The number of halogens is 1. The van der Waals surface area contributed by atoms with Crippen molar-refractivity contribution in [1.29, 1.82) is 0 Å². The van der Waals surface area contributed by atoms with Crippen LogP contribution in [-0.2, 0) is 4.29 Å². The molecule has 0 saturated carbocycles. The van der Waals surface area contributed by atoms with Crippen LogP contribution in [0.15, 0.2) is 0 Å². The first kappa shape index (κ1) is 19.4. The van der Waals surface area contributed by atoms with Gasteiger partial charge in [-0.15, -0.1) is 0 Å². The Bertz CT molecular complexity index is 144. The van der Waals surface area contributed by atoms with Gasteiger partial charge in [-0.05, 0) is 12.5 Å². The zero-order valence-corrected chi connectivity index (χ0v) is 11.7. The van der Waals surface area contributed by atoms with Gasteiger partial charge in [0.25, 0.3) is 0 Å². The van der Waals surface area contributed by atoms with E-state index in [0.717, 1.165) is 12.8 Å². The Hall–Kier alpha value is 0.0900. The van der Waals surface area contributed by atoms with Gasteiger partial charge in [0.15, 0.2) is 0 Å². The summed E-state index contributed by atoms with van der Waals surface area (Å²) in [5.74, 6) is 0.527. The highest BCUT2D eigenvalue weighted by molar-refractivity contribution is 6.07. The van der Waals surface area contributed by atoms with Crippen molar-refractivity contribution in [2.75, 3.05) is 33.5 Å². The largest absolute Gasteiger partial charge is 0.394 e. The van der Waals surface area contributed by atoms with E-state index in [4.69, 9.17) is 15.3 Å². The van der Waals surface area contributed by atoms with Crippen LogP contribution in [0.4, 0.5) is 0 Å². The molecule has 0 aliphatic heterocycles. The molecule has 106 valence electrons. The van der Waals surface area contributed by atoms with Gasteiger partial charge in [0.2, 0.25) is 0 Å². The molecular weight excluding hydrogens is 246 g/mol. The summed E-state index contributed by atoms with van der Waals surface area (Å²) in [5.41, 5.74) is -0.928. The van der Waals surface area contributed by atoms with E-state index in [0.29, 0.717) is 12.5 Å². The van der Waals surface area contributed by atoms with Crippen LogP contribution >= 0.6 is 11.9 Å². The highest BCUT2D eigenvalue weighted by atomic mass is 35.5. The van der Waals surface area contributed by atoms with Crippen molar-refractivity contribution in [2.45, 2.75) is 32.2 Å². The lowest BCUT2D eigenvalue weighted by Crippen LogP contribution is -2.55. The maximum absolute atomic E-state index is 9.05. The summed E-state index contributed by atoms with van der Waals surface area (Å²) < 4.78 is 3.72. The lowest BCUT2D eigenvalue weighted by molar-refractivity contribution is 0.0396. The van der Waals surface area contributed by atoms with Gasteiger partial charge in [-0.1, -0.05) is 26.7 Å². The molecule has 0 radical (unpaired) electrons. The van der Waals surface area contributed by atoms with E-state index in [1.807, 2.05) is 0 Å². The van der Waals surface area contributed by atoms with E-state index in [1.165, 1.54) is 7.11 Å². The van der Waals surface area contributed by atoms with E-state index in [2.05, 4.69) is 35.3 Å². The van der Waals surface area contributed by atoms with E-state index in [-0.39, 0.29) is 19.8 Å². The molecule has 0 rings (SSSR count). The van der Waals surface area contributed by atoms with Gasteiger partial charge in [-0.2, -0.15) is 0 Å². The Morgan fingerprint density at radius 2 is 1.47 bits per heavy atom. The smallest absolute Gasteiger partial charge is 0.0881 e. The van der Waals surface area contributed by atoms with Crippen molar-refractivity contribution >= 4 is 11.9 Å². The van der Waals surface area contributed by atoms with Crippen LogP contribution in [-0.4, -0.2) is 54.3 Å². The molecule has 0 unspecified atom stereocenters. The van der Waals surface area contributed by atoms with Gasteiger partial charge in [-0.3, -0.25) is 4.29 Å². The third-order valence-electron chi connectivity index (χ3n) is 2.83. The van der Waals surface area contributed by atoms with Gasteiger partial charge in [-0.25, -0.2) is 0 Å². The summed E-state index contributed by atoms with van der Waals surface area (Å²) >= 11 is 4.50. The second-order valence-electron chi connectivity index (χ2n) is 3.97. The normalized spacial score (nSPS) is 11.3. The zero-order chi connectivity index (χ0) is 13.7. The molecule has 17 heavy (non-hydrogen) atoms. The third-order valence-corrected chi connectivity index (χ3v) is 2.83. The lowest BCUT2D eigenvalue weighted by Gasteiger charge is -2.30. The molecular formula is C11H26ClNO4. The van der Waals surface area contributed by atoms with Crippen LogP contribution in [0.25, 0.3) is 0 Å². The molecule has 0 saturated heterocycles. The minimum absolute atomic E-state index is 0.250. The molecule has 0 heterocycles. The predicted octanol–water partition coefficient (Wildman–Crippen LogP) is 0.514. The first-order valence-corrected chi connectivity index (χ1v) is 6.12. The Morgan fingerprint density at radius 1 is 1.12 bits per heavy atom. The lowest BCUT2D eigenvalue weighted by atomic mass is 9.99. The molecule has 6 heteroatoms. The average Bonchev–Trinajstić information content (AvgIpc) is 2.37. The molecule has 0 bridgehead atoms. The minimum Gasteiger partial charge on any atom is -0.394 e. The molecule has 0 amide bonds. The molecule has 0 aliphatic rings. The van der Waals surface area contributed by atoms with Crippen LogP contribution in [0.5, 0.6) is 0 Å². The SMILES string of the molecule is CCC(CC)CNC(CO)(CO)CO.COCl. The highest BCUT2D eigenvalue weighted by Gasteiger charge is 2.27. The van der Waals surface area contributed by atoms with Crippen molar-refractivity contribution in [1.82, 2.24) is 5.32 Å². The summed E-state index contributed by atoms with van der Waals surface area (Å²) in [7, 11) is 1.39. The number of rotatable bonds is 8. The predicted molar refractivity (Wildman–Crippen MR) is 68.9 cm³/mol. The van der Waals surface area contributed by atoms with Crippen molar-refractivity contribution in [3.8, 4) is 0 Å². The van der Waals surface area contributed by atoms with Gasteiger partial charge < -0.3 is 20.6 Å². The molecule has 4 N–H and O–H groups in total. The highest BCUT2D eigenvalue weighted by Crippen LogP contribution is 2.09. The van der Waals surface area contributed by atoms with Crippen LogP contribution in [0.1, 0.15) is 26.7 Å². The van der Waals surface area contributed by atoms with Crippen LogP contribution < -0.4 is 5.32 Å². The van der Waals surface area contributed by atoms with Crippen LogP contribution in [0.3, 0.4) is 0 Å². The number of aliphatic hydroxyl groups is 3. The minimum atomic E-state index is -0.928. The Balaban J connectivity index is 0. The van der Waals surface area contributed by atoms with Gasteiger partial charge in [0.05, 0.1) is 44.3 Å². The standard InChI is InChI=1S/C10H23NO3.CH3ClO/c1-3-9(4-2)5-11-10(6-12,7-13)8-14;1-3-2/h9,11-14H,3-8H2,1-2H3;1H3. The number of hydrogen-bond donors (Lipinski definition) is 4. The number of nitrogens with one attached hydrogen (secondary N) is 1. The van der Waals surface area contributed by atoms with Gasteiger partial charge >= 0.3 is 0 Å². The molecule has 5 nitrogen and oxygen atoms in total. The fourth-order valence-electron chi connectivity index (χ4n) is 1.26. The summed E-state index contributed by atoms with van der Waals surface area (Å²) in [6, 6.07) is 0. The molecule has 0 aromatic heterocycles. The second-order valence-corrected chi connectivity index (χ2v) is 4.28. The summed E-state index contributed by atoms with van der Waals surface area (Å²) in [6.07, 6.45) is 2.11. The Morgan fingerprint density at radius 3 is 1.71 bits per heavy atom. The van der Waals surface area contributed by atoms with Crippen LogP contribution in [0.2, 0.25) is 0 Å². The number of hydrogen-bond acceptors (Lipinski definition) is 5. The molecule has 0 aromatic carbocycles. The van der Waals surface area contributed by atoms with E-state index < -0.39 is 5.54 Å². The van der Waals surface area contributed by atoms with E-state index >= 15 is 0 Å². The maximum atomic E-state index is 9.05. The fourth-order valence-corrected chi connectivity index (χ4v) is 1.26. The van der Waals surface area contributed by atoms with Crippen LogP contribution in [0, 0.1) is 5.92 Å². The Labute approximate surface area is 109 Å². The fraction of sp³-hybridized carbons (Fsp3) is 1.00. The second kappa shape index (κ2) is 12.5. The summed E-state index contributed by atoms with van der Waals surface area (Å²) in [5, 5.41) is 30.2. The molecule has 0 aliphatic carbocycles. The van der Waals surface area contributed by atoms with E-state index in [9.17, 15) is 0 Å². The first-order chi connectivity index (χ1) is 8.09. The number of aliphatic hydroxyl groups excluding tert-OH is 3. The first-order valence-electron chi connectivity index (χ1n) is 5.81. The van der Waals surface area contributed by atoms with Crippen molar-refractivity contribution < 1.29 is 19.6 Å². The molecule has 0 fully saturated rings. The average molecular weight is 272 g/mol. The van der Waals surface area contributed by atoms with Gasteiger partial charge in [0, 0.05) is 0 Å². The molecule has 0 spiro atoms. The molecule has 0 aromatic rings. The Kier molecular flexibility index (Phi) is 14.3. The van der Waals surface area contributed by atoms with Crippen molar-refractivity contribution in [3.63, 3.8) is 0 Å².